The SMILES string of the molecule is CCCCCCc1ccc([Si](Cn2ccnc2[B]C(=Cc2ccccc2)c2ccccc2)(c2ccccc2)c2ccccc2)cc1. The summed E-state index contributed by atoms with van der Waals surface area (Å²) in [4.78, 5) is 4.94. The molecule has 0 saturated heterocycles. The van der Waals surface area contributed by atoms with E-state index in [1.54, 1.807) is 0 Å². The molecule has 0 bridgehead atoms. The van der Waals surface area contributed by atoms with Crippen LogP contribution in [0.3, 0.4) is 0 Å². The van der Waals surface area contributed by atoms with Crippen molar-refractivity contribution < 1.29 is 0 Å². The number of benzene rings is 5. The van der Waals surface area contributed by atoms with E-state index in [-0.39, 0.29) is 0 Å². The lowest BCUT2D eigenvalue weighted by Crippen LogP contribution is -2.70. The van der Waals surface area contributed by atoms with Crippen LogP contribution in [0.2, 0.25) is 0 Å². The first-order valence-electron chi connectivity index (χ1n) is 16.6. The van der Waals surface area contributed by atoms with Gasteiger partial charge in [0, 0.05) is 18.6 Å². The van der Waals surface area contributed by atoms with Gasteiger partial charge in [0.1, 0.15) is 0 Å². The maximum absolute atomic E-state index is 4.94. The minimum Gasteiger partial charge on any atom is -0.345 e. The van der Waals surface area contributed by atoms with Crippen molar-refractivity contribution >= 4 is 48.2 Å². The zero-order valence-electron chi connectivity index (χ0n) is 26.8. The average Bonchev–Trinajstić information content (AvgIpc) is 3.56. The van der Waals surface area contributed by atoms with Crippen LogP contribution in [0.15, 0.2) is 158 Å². The molecule has 0 amide bonds. The van der Waals surface area contributed by atoms with E-state index >= 15 is 0 Å². The van der Waals surface area contributed by atoms with E-state index in [4.69, 9.17) is 4.98 Å². The molecule has 1 aromatic heterocycles. The van der Waals surface area contributed by atoms with E-state index < -0.39 is 8.07 Å². The Balaban J connectivity index is 1.42. The quantitative estimate of drug-likeness (QED) is 0.0548. The first-order valence-corrected chi connectivity index (χ1v) is 18.9. The van der Waals surface area contributed by atoms with Gasteiger partial charge in [-0.05, 0) is 45.1 Å². The fourth-order valence-corrected chi connectivity index (χ4v) is 11.1. The fourth-order valence-electron chi connectivity index (χ4n) is 6.49. The summed E-state index contributed by atoms with van der Waals surface area (Å²) in [5.41, 5.74) is 5.87. The van der Waals surface area contributed by atoms with Gasteiger partial charge in [0.25, 0.3) is 0 Å². The summed E-state index contributed by atoms with van der Waals surface area (Å²) in [5.74, 6) is 0. The third-order valence-electron chi connectivity index (χ3n) is 8.97. The van der Waals surface area contributed by atoms with Crippen molar-refractivity contribution in [1.82, 2.24) is 9.55 Å². The van der Waals surface area contributed by atoms with Crippen molar-refractivity contribution in [2.24, 2.45) is 0 Å². The molecule has 0 aliphatic rings. The molecular formula is C42H42BN2Si. The number of hydrogen-bond donors (Lipinski definition) is 0. The predicted octanol–water partition coefficient (Wildman–Crippen LogP) is 7.24. The zero-order valence-corrected chi connectivity index (χ0v) is 27.8. The molecule has 0 saturated carbocycles. The number of nitrogens with zero attached hydrogens (tertiary/aromatic N) is 2. The van der Waals surface area contributed by atoms with Crippen LogP contribution >= 0.6 is 0 Å². The third kappa shape index (κ3) is 7.41. The number of aromatic nitrogens is 2. The van der Waals surface area contributed by atoms with E-state index in [9.17, 15) is 0 Å². The molecule has 6 aromatic rings. The Bertz CT molecular complexity index is 1760. The Morgan fingerprint density at radius 1 is 0.652 bits per heavy atom. The van der Waals surface area contributed by atoms with Crippen LogP contribution in [0.25, 0.3) is 11.5 Å². The van der Waals surface area contributed by atoms with Crippen LogP contribution in [0, 0.1) is 0 Å². The summed E-state index contributed by atoms with van der Waals surface area (Å²) in [5, 5.41) is 4.23. The smallest absolute Gasteiger partial charge is 0.241 e. The van der Waals surface area contributed by atoms with Gasteiger partial charge in [-0.3, -0.25) is 4.98 Å². The highest BCUT2D eigenvalue weighted by Crippen LogP contribution is 2.18. The highest BCUT2D eigenvalue weighted by atomic mass is 28.3. The molecule has 0 N–H and O–H groups in total. The molecule has 4 heteroatoms. The van der Waals surface area contributed by atoms with Gasteiger partial charge in [-0.1, -0.05) is 183 Å². The van der Waals surface area contributed by atoms with E-state index in [1.807, 2.05) is 6.20 Å². The van der Waals surface area contributed by atoms with Gasteiger partial charge in [0.05, 0.1) is 5.72 Å². The van der Waals surface area contributed by atoms with Crippen LogP contribution in [0.1, 0.15) is 49.3 Å². The molecule has 6 rings (SSSR count). The van der Waals surface area contributed by atoms with Gasteiger partial charge >= 0.3 is 0 Å². The molecule has 1 radical (unpaired) electrons. The molecule has 5 aromatic carbocycles. The first kappa shape index (κ1) is 31.3. The van der Waals surface area contributed by atoms with Crippen molar-refractivity contribution in [1.29, 1.82) is 0 Å². The Morgan fingerprint density at radius 3 is 1.83 bits per heavy atom. The topological polar surface area (TPSA) is 17.8 Å². The van der Waals surface area contributed by atoms with Crippen molar-refractivity contribution in [2.75, 3.05) is 0 Å². The fraction of sp³-hybridized carbons (Fsp3) is 0.167. The van der Waals surface area contributed by atoms with Gasteiger partial charge in [-0.2, -0.15) is 0 Å². The maximum atomic E-state index is 4.94. The monoisotopic (exact) mass is 613 g/mol. The van der Waals surface area contributed by atoms with Crippen LogP contribution in [0.5, 0.6) is 0 Å². The minimum atomic E-state index is -2.55. The Hall–Kier alpha value is -4.67. The largest absolute Gasteiger partial charge is 0.345 e. The Morgan fingerprint density at radius 2 is 1.22 bits per heavy atom. The van der Waals surface area contributed by atoms with Gasteiger partial charge in [-0.15, -0.1) is 0 Å². The zero-order chi connectivity index (χ0) is 31.4. The van der Waals surface area contributed by atoms with Crippen LogP contribution in [0.4, 0.5) is 0 Å². The molecular weight excluding hydrogens is 571 g/mol. The second kappa shape index (κ2) is 15.6. The number of hydrogen-bond acceptors (Lipinski definition) is 1. The highest BCUT2D eigenvalue weighted by molar-refractivity contribution is 7.10. The van der Waals surface area contributed by atoms with Gasteiger partial charge in [-0.25, -0.2) is 0 Å². The number of rotatable bonds is 14. The molecule has 0 atom stereocenters. The molecule has 0 aliphatic heterocycles. The molecule has 0 aliphatic carbocycles. The molecule has 227 valence electrons. The number of unbranched alkanes of at least 4 members (excludes halogenated alkanes) is 3. The van der Waals surface area contributed by atoms with Crippen molar-refractivity contribution in [3.05, 3.63) is 175 Å². The summed E-state index contributed by atoms with van der Waals surface area (Å²) in [6.45, 7) is 2.28. The lowest BCUT2D eigenvalue weighted by atomic mass is 9.65. The Labute approximate surface area is 276 Å². The third-order valence-corrected chi connectivity index (χ3v) is 13.7. The minimum absolute atomic E-state index is 0.843. The van der Waals surface area contributed by atoms with E-state index in [0.29, 0.717) is 0 Å². The summed E-state index contributed by atoms with van der Waals surface area (Å²) < 4.78 is 2.38. The highest BCUT2D eigenvalue weighted by Gasteiger charge is 2.40. The van der Waals surface area contributed by atoms with E-state index in [0.717, 1.165) is 23.8 Å². The van der Waals surface area contributed by atoms with Crippen molar-refractivity contribution in [2.45, 2.75) is 45.2 Å². The normalized spacial score (nSPS) is 11.8. The van der Waals surface area contributed by atoms with Crippen LogP contribution < -0.4 is 21.3 Å². The number of imidazole rings is 1. The average molecular weight is 614 g/mol. The molecule has 2 nitrogen and oxygen atoms in total. The summed E-state index contributed by atoms with van der Waals surface area (Å²) in [7, 11) is -0.301. The standard InChI is InChI=1S/C42H42BN2Si/c1-2-3-4-9-18-35-27-29-40(30-28-35)46(38-23-14-7-15-24-38,39-25-16-8-17-26-39)34-45-32-31-44-42(45)43-41(37-21-12-6-13-22-37)33-36-19-10-5-11-20-36/h5-8,10-17,19-33H,2-4,9,18,34H2,1H3. The maximum Gasteiger partial charge on any atom is 0.241 e. The summed E-state index contributed by atoms with van der Waals surface area (Å²) in [6, 6.07) is 53.2. The van der Waals surface area contributed by atoms with Gasteiger partial charge < -0.3 is 4.57 Å². The molecule has 1 heterocycles. The van der Waals surface area contributed by atoms with Gasteiger partial charge in [0.2, 0.25) is 7.28 Å². The first-order chi connectivity index (χ1) is 22.8. The lowest BCUT2D eigenvalue weighted by molar-refractivity contribution is 0.667. The van der Waals surface area contributed by atoms with E-state index in [1.165, 1.54) is 57.9 Å². The predicted molar refractivity (Wildman–Crippen MR) is 200 cm³/mol. The second-order valence-electron chi connectivity index (χ2n) is 12.1. The molecule has 46 heavy (non-hydrogen) atoms. The van der Waals surface area contributed by atoms with Crippen LogP contribution in [-0.4, -0.2) is 24.9 Å². The summed E-state index contributed by atoms with van der Waals surface area (Å²) >= 11 is 0. The van der Waals surface area contributed by atoms with Crippen molar-refractivity contribution in [3.8, 4) is 0 Å². The molecule has 0 unspecified atom stereocenters. The van der Waals surface area contributed by atoms with E-state index in [2.05, 4.69) is 177 Å². The summed E-state index contributed by atoms with van der Waals surface area (Å²) in [6.07, 6.45) is 13.5. The molecule has 0 spiro atoms. The van der Waals surface area contributed by atoms with Crippen LogP contribution in [-0.2, 0) is 12.6 Å². The molecule has 0 fully saturated rings. The lowest BCUT2D eigenvalue weighted by Gasteiger charge is -2.35. The Kier molecular flexibility index (Phi) is 10.6. The second-order valence-corrected chi connectivity index (χ2v) is 15.9. The van der Waals surface area contributed by atoms with Crippen molar-refractivity contribution in [3.63, 3.8) is 0 Å². The van der Waals surface area contributed by atoms with Gasteiger partial charge in [0.15, 0.2) is 8.07 Å². The number of aryl methyl sites for hydroxylation is 1.